The molecule has 0 radical (unpaired) electrons. The number of methoxy groups -OCH3 is 1. The smallest absolute Gasteiger partial charge is 0.337 e. The van der Waals surface area contributed by atoms with Crippen LogP contribution in [0.5, 0.6) is 0 Å². The Kier molecular flexibility index (Phi) is 4.91. The molecule has 1 aromatic rings. The van der Waals surface area contributed by atoms with Gasteiger partial charge in [0.15, 0.2) is 0 Å². The van der Waals surface area contributed by atoms with Gasteiger partial charge in [-0.3, -0.25) is 19.3 Å². The molecule has 1 aromatic carbocycles. The quantitative estimate of drug-likeness (QED) is 0.585. The van der Waals surface area contributed by atoms with E-state index in [0.717, 1.165) is 36.9 Å². The van der Waals surface area contributed by atoms with Crippen LogP contribution >= 0.6 is 0 Å². The third-order valence-electron chi connectivity index (χ3n) is 6.18. The van der Waals surface area contributed by atoms with Gasteiger partial charge in [0.1, 0.15) is 0 Å². The fourth-order valence-corrected chi connectivity index (χ4v) is 4.70. The van der Waals surface area contributed by atoms with Gasteiger partial charge in [0, 0.05) is 25.2 Å². The number of nitrogens with zero attached hydrogens (tertiary/aromatic N) is 2. The van der Waals surface area contributed by atoms with Crippen molar-refractivity contribution in [1.29, 1.82) is 0 Å². The van der Waals surface area contributed by atoms with Crippen LogP contribution in [0.15, 0.2) is 18.2 Å². The molecule has 1 saturated carbocycles. The molecule has 0 aromatic heterocycles. The number of ether oxygens (including phenoxy) is 1. The van der Waals surface area contributed by atoms with Crippen molar-refractivity contribution in [1.82, 2.24) is 4.90 Å². The highest BCUT2D eigenvalue weighted by Crippen LogP contribution is 2.38. The zero-order valence-electron chi connectivity index (χ0n) is 16.0. The van der Waals surface area contributed by atoms with Crippen LogP contribution in [0.25, 0.3) is 0 Å². The number of likely N-dealkylation sites (tertiary alicyclic amines) is 1. The Morgan fingerprint density at radius 3 is 2.43 bits per heavy atom. The van der Waals surface area contributed by atoms with Crippen molar-refractivity contribution in [2.45, 2.75) is 38.5 Å². The molecule has 2 aliphatic heterocycles. The second kappa shape index (κ2) is 7.37. The number of carbonyl (C=O) groups is 4. The zero-order chi connectivity index (χ0) is 19.8. The molecule has 7 nitrogen and oxygen atoms in total. The van der Waals surface area contributed by atoms with E-state index in [1.165, 1.54) is 12.0 Å². The van der Waals surface area contributed by atoms with E-state index in [9.17, 15) is 19.2 Å². The van der Waals surface area contributed by atoms with E-state index in [-0.39, 0.29) is 42.5 Å². The van der Waals surface area contributed by atoms with Gasteiger partial charge in [0.05, 0.1) is 24.5 Å². The Bertz CT molecular complexity index is 825. The normalized spacial score (nSPS) is 23.6. The zero-order valence-corrected chi connectivity index (χ0v) is 16.0. The van der Waals surface area contributed by atoms with E-state index >= 15 is 0 Å². The van der Waals surface area contributed by atoms with Crippen molar-refractivity contribution in [2.24, 2.45) is 11.8 Å². The second-order valence-electron chi connectivity index (χ2n) is 7.71. The molecular weight excluding hydrogens is 360 g/mol. The summed E-state index contributed by atoms with van der Waals surface area (Å²) in [6, 6.07) is 5.16. The number of hydrogen-bond donors (Lipinski definition) is 0. The number of imide groups is 1. The lowest BCUT2D eigenvalue weighted by atomic mass is 9.81. The summed E-state index contributed by atoms with van der Waals surface area (Å²) in [5.41, 5.74) is 2.17. The Balaban J connectivity index is 1.41. The molecule has 0 N–H and O–H groups in total. The standard InChI is InChI=1S/C21H24N2O5/c1-28-21(27)14-6-7-17-13(12-14)8-10-22(17)18(24)9-11-23-19(25)15-4-2-3-5-16(15)20(23)26/h6-7,12,15-16H,2-5,8-11H2,1H3/t15-,16-/m1/s1. The monoisotopic (exact) mass is 384 g/mol. The van der Waals surface area contributed by atoms with Gasteiger partial charge in [-0.1, -0.05) is 12.8 Å². The number of amides is 3. The summed E-state index contributed by atoms with van der Waals surface area (Å²) in [7, 11) is 1.34. The molecule has 0 unspecified atom stereocenters. The maximum absolute atomic E-state index is 12.8. The minimum Gasteiger partial charge on any atom is -0.465 e. The summed E-state index contributed by atoms with van der Waals surface area (Å²) in [6.45, 7) is 0.682. The number of hydrogen-bond acceptors (Lipinski definition) is 5. The number of carbonyl (C=O) groups excluding carboxylic acids is 4. The Morgan fingerprint density at radius 1 is 1.11 bits per heavy atom. The molecule has 2 atom stereocenters. The number of benzene rings is 1. The van der Waals surface area contributed by atoms with Crippen LogP contribution in [0.1, 0.15) is 48.0 Å². The minimum atomic E-state index is -0.403. The van der Waals surface area contributed by atoms with Gasteiger partial charge in [-0.2, -0.15) is 0 Å². The van der Waals surface area contributed by atoms with Crippen molar-refractivity contribution in [3.05, 3.63) is 29.3 Å². The lowest BCUT2D eigenvalue weighted by molar-refractivity contribution is -0.140. The fraction of sp³-hybridized carbons (Fsp3) is 0.524. The molecule has 0 bridgehead atoms. The molecule has 0 spiro atoms. The first-order valence-electron chi connectivity index (χ1n) is 9.88. The van der Waals surface area contributed by atoms with Crippen molar-refractivity contribution >= 4 is 29.4 Å². The predicted octanol–water partition coefficient (Wildman–Crippen LogP) is 1.93. The summed E-state index contributed by atoms with van der Waals surface area (Å²) in [6.07, 6.45) is 4.33. The first-order valence-corrected chi connectivity index (χ1v) is 9.88. The number of anilines is 1. The molecule has 1 saturated heterocycles. The lowest BCUT2D eigenvalue weighted by Crippen LogP contribution is -2.36. The molecule has 28 heavy (non-hydrogen) atoms. The van der Waals surface area contributed by atoms with Gasteiger partial charge in [-0.05, 0) is 43.0 Å². The Labute approximate surface area is 163 Å². The van der Waals surface area contributed by atoms with Gasteiger partial charge in [0.2, 0.25) is 17.7 Å². The average Bonchev–Trinajstić information content (AvgIpc) is 3.25. The summed E-state index contributed by atoms with van der Waals surface area (Å²) in [5.74, 6) is -1.08. The van der Waals surface area contributed by atoms with Crippen LogP contribution in [0.3, 0.4) is 0 Å². The molecule has 3 amide bonds. The van der Waals surface area contributed by atoms with E-state index in [1.54, 1.807) is 23.1 Å². The third kappa shape index (κ3) is 3.08. The first kappa shape index (κ1) is 18.7. The summed E-state index contributed by atoms with van der Waals surface area (Å²) in [4.78, 5) is 52.5. The van der Waals surface area contributed by atoms with E-state index in [2.05, 4.69) is 0 Å². The Morgan fingerprint density at radius 2 is 1.79 bits per heavy atom. The van der Waals surface area contributed by atoms with Gasteiger partial charge < -0.3 is 9.64 Å². The predicted molar refractivity (Wildman–Crippen MR) is 101 cm³/mol. The molecule has 2 fully saturated rings. The van der Waals surface area contributed by atoms with E-state index in [0.29, 0.717) is 18.5 Å². The maximum atomic E-state index is 12.8. The molecular formula is C21H24N2O5. The highest BCUT2D eigenvalue weighted by atomic mass is 16.5. The Hall–Kier alpha value is -2.70. The van der Waals surface area contributed by atoms with Crippen molar-refractivity contribution in [3.63, 3.8) is 0 Å². The van der Waals surface area contributed by atoms with Crippen LogP contribution in [-0.2, 0) is 25.5 Å². The average molecular weight is 384 g/mol. The molecule has 1 aliphatic carbocycles. The summed E-state index contributed by atoms with van der Waals surface area (Å²) in [5, 5.41) is 0. The van der Waals surface area contributed by atoms with Crippen molar-refractivity contribution < 1.29 is 23.9 Å². The molecule has 148 valence electrons. The SMILES string of the molecule is COC(=O)c1ccc2c(c1)CCN2C(=O)CCN1C(=O)[C@@H]2CCCC[C@H]2C1=O. The number of rotatable bonds is 4. The topological polar surface area (TPSA) is 84.0 Å². The van der Waals surface area contributed by atoms with Gasteiger partial charge in [-0.15, -0.1) is 0 Å². The van der Waals surface area contributed by atoms with Crippen molar-refractivity contribution in [2.75, 3.05) is 25.1 Å². The summed E-state index contributed by atoms with van der Waals surface area (Å²) >= 11 is 0. The van der Waals surface area contributed by atoms with Crippen LogP contribution in [0, 0.1) is 11.8 Å². The van der Waals surface area contributed by atoms with Crippen LogP contribution < -0.4 is 4.90 Å². The number of esters is 1. The molecule has 2 heterocycles. The molecule has 7 heteroatoms. The van der Waals surface area contributed by atoms with E-state index in [4.69, 9.17) is 4.74 Å². The molecule has 4 rings (SSSR count). The highest BCUT2D eigenvalue weighted by Gasteiger charge is 2.48. The third-order valence-corrected chi connectivity index (χ3v) is 6.18. The van der Waals surface area contributed by atoms with Gasteiger partial charge in [-0.25, -0.2) is 4.79 Å². The van der Waals surface area contributed by atoms with Gasteiger partial charge in [0.25, 0.3) is 0 Å². The van der Waals surface area contributed by atoms with E-state index in [1.807, 2.05) is 0 Å². The lowest BCUT2D eigenvalue weighted by Gasteiger charge is -2.20. The van der Waals surface area contributed by atoms with Crippen LogP contribution in [-0.4, -0.2) is 48.8 Å². The largest absolute Gasteiger partial charge is 0.465 e. The number of fused-ring (bicyclic) bond motifs is 2. The first-order chi connectivity index (χ1) is 13.5. The van der Waals surface area contributed by atoms with Crippen LogP contribution in [0.2, 0.25) is 0 Å². The highest BCUT2D eigenvalue weighted by molar-refractivity contribution is 6.06. The van der Waals surface area contributed by atoms with Crippen LogP contribution in [0.4, 0.5) is 5.69 Å². The van der Waals surface area contributed by atoms with Gasteiger partial charge >= 0.3 is 5.97 Å². The maximum Gasteiger partial charge on any atom is 0.337 e. The second-order valence-corrected chi connectivity index (χ2v) is 7.71. The summed E-state index contributed by atoms with van der Waals surface area (Å²) < 4.78 is 4.74. The minimum absolute atomic E-state index is 0.105. The fourth-order valence-electron chi connectivity index (χ4n) is 4.70. The van der Waals surface area contributed by atoms with E-state index < -0.39 is 5.97 Å². The molecule has 3 aliphatic rings. The van der Waals surface area contributed by atoms with Crippen molar-refractivity contribution in [3.8, 4) is 0 Å².